The van der Waals surface area contributed by atoms with Gasteiger partial charge in [-0.1, -0.05) is 36.8 Å². The number of carbonyl (C=O) groups is 1. The lowest BCUT2D eigenvalue weighted by atomic mass is 9.94. The largest absolute Gasteiger partial charge is 0.465 e. The van der Waals surface area contributed by atoms with E-state index in [1.54, 1.807) is 0 Å². The van der Waals surface area contributed by atoms with Gasteiger partial charge in [0.25, 0.3) is 0 Å². The van der Waals surface area contributed by atoms with Gasteiger partial charge in [0.15, 0.2) is 5.79 Å². The number of esters is 1. The lowest BCUT2D eigenvalue weighted by molar-refractivity contribution is -0.194. The minimum atomic E-state index is -0.471. The topological polar surface area (TPSA) is 44.8 Å². The Morgan fingerprint density at radius 3 is 2.38 bits per heavy atom. The molecule has 1 aromatic carbocycles. The fourth-order valence-electron chi connectivity index (χ4n) is 3.81. The van der Waals surface area contributed by atoms with Crippen LogP contribution >= 0.6 is 0 Å². The molecule has 0 aromatic heterocycles. The average molecular weight is 360 g/mol. The van der Waals surface area contributed by atoms with Gasteiger partial charge in [-0.05, 0) is 39.2 Å². The highest BCUT2D eigenvalue weighted by atomic mass is 16.8. The summed E-state index contributed by atoms with van der Waals surface area (Å²) in [6.07, 6.45) is 7.01. The van der Waals surface area contributed by atoms with Crippen LogP contribution in [0.3, 0.4) is 0 Å². The standard InChI is InChI=1S/C22H32O4/c1-21(2,3)20(23)24-15-12-18-19(16-17-10-6-4-7-11-17)26-22(25-18)13-8-5-9-14-22/h4,6-7,10-11,18-19H,5,8-9,12-16H2,1-3H3/t18-,19-/m1/s1. The van der Waals surface area contributed by atoms with Crippen molar-refractivity contribution in [1.82, 2.24) is 0 Å². The van der Waals surface area contributed by atoms with Crippen molar-refractivity contribution in [2.75, 3.05) is 6.61 Å². The van der Waals surface area contributed by atoms with E-state index in [0.29, 0.717) is 13.0 Å². The van der Waals surface area contributed by atoms with Crippen molar-refractivity contribution in [1.29, 1.82) is 0 Å². The van der Waals surface area contributed by atoms with E-state index in [9.17, 15) is 4.79 Å². The molecule has 1 saturated carbocycles. The lowest BCUT2D eigenvalue weighted by Gasteiger charge is -2.32. The van der Waals surface area contributed by atoms with Crippen molar-refractivity contribution in [2.24, 2.45) is 5.41 Å². The quantitative estimate of drug-likeness (QED) is 0.717. The second-order valence-corrected chi connectivity index (χ2v) is 8.65. The van der Waals surface area contributed by atoms with Gasteiger partial charge in [-0.2, -0.15) is 0 Å². The van der Waals surface area contributed by atoms with Crippen LogP contribution in [0.4, 0.5) is 0 Å². The summed E-state index contributed by atoms with van der Waals surface area (Å²) in [5.41, 5.74) is 0.784. The summed E-state index contributed by atoms with van der Waals surface area (Å²) in [7, 11) is 0. The van der Waals surface area contributed by atoms with E-state index in [1.165, 1.54) is 12.0 Å². The number of hydrogen-bond acceptors (Lipinski definition) is 4. The summed E-state index contributed by atoms with van der Waals surface area (Å²) in [6.45, 7) is 6.00. The summed E-state index contributed by atoms with van der Waals surface area (Å²) >= 11 is 0. The molecule has 4 nitrogen and oxygen atoms in total. The fraction of sp³-hybridized carbons (Fsp3) is 0.682. The van der Waals surface area contributed by atoms with Gasteiger partial charge in [0, 0.05) is 25.7 Å². The van der Waals surface area contributed by atoms with Crippen molar-refractivity contribution >= 4 is 5.97 Å². The monoisotopic (exact) mass is 360 g/mol. The molecule has 0 radical (unpaired) electrons. The Morgan fingerprint density at radius 2 is 1.73 bits per heavy atom. The van der Waals surface area contributed by atoms with Crippen LogP contribution in [-0.4, -0.2) is 30.6 Å². The highest BCUT2D eigenvalue weighted by Crippen LogP contribution is 2.42. The maximum absolute atomic E-state index is 12.0. The van der Waals surface area contributed by atoms with Crippen molar-refractivity contribution in [2.45, 2.75) is 83.7 Å². The van der Waals surface area contributed by atoms with Crippen molar-refractivity contribution in [3.05, 3.63) is 35.9 Å². The van der Waals surface area contributed by atoms with E-state index in [2.05, 4.69) is 24.3 Å². The number of carbonyl (C=O) groups excluding carboxylic acids is 1. The molecule has 2 atom stereocenters. The summed E-state index contributed by atoms with van der Waals surface area (Å²) in [5, 5.41) is 0. The molecule has 26 heavy (non-hydrogen) atoms. The zero-order valence-corrected chi connectivity index (χ0v) is 16.3. The molecular weight excluding hydrogens is 328 g/mol. The third kappa shape index (κ3) is 4.86. The third-order valence-electron chi connectivity index (χ3n) is 5.29. The Morgan fingerprint density at radius 1 is 1.08 bits per heavy atom. The Kier molecular flexibility index (Phi) is 6.03. The van der Waals surface area contributed by atoms with Crippen LogP contribution in [0.5, 0.6) is 0 Å². The van der Waals surface area contributed by atoms with E-state index >= 15 is 0 Å². The van der Waals surface area contributed by atoms with Gasteiger partial charge in [0.05, 0.1) is 24.2 Å². The first-order valence-corrected chi connectivity index (χ1v) is 9.95. The minimum Gasteiger partial charge on any atom is -0.465 e. The van der Waals surface area contributed by atoms with Gasteiger partial charge in [-0.25, -0.2) is 0 Å². The van der Waals surface area contributed by atoms with Gasteiger partial charge < -0.3 is 14.2 Å². The molecule has 0 unspecified atom stereocenters. The minimum absolute atomic E-state index is 0.0174. The van der Waals surface area contributed by atoms with Crippen LogP contribution in [0.2, 0.25) is 0 Å². The van der Waals surface area contributed by atoms with Gasteiger partial charge in [-0.3, -0.25) is 4.79 Å². The lowest BCUT2D eigenvalue weighted by Crippen LogP contribution is -2.33. The van der Waals surface area contributed by atoms with Crippen molar-refractivity contribution in [3.8, 4) is 0 Å². The number of rotatable bonds is 5. The van der Waals surface area contributed by atoms with E-state index in [-0.39, 0.29) is 18.2 Å². The molecule has 144 valence electrons. The van der Waals surface area contributed by atoms with Crippen LogP contribution < -0.4 is 0 Å². The fourth-order valence-corrected chi connectivity index (χ4v) is 3.81. The molecule has 2 fully saturated rings. The molecule has 4 heteroatoms. The highest BCUT2D eigenvalue weighted by Gasteiger charge is 2.47. The van der Waals surface area contributed by atoms with Crippen LogP contribution in [0.1, 0.15) is 64.9 Å². The Labute approximate surface area is 157 Å². The van der Waals surface area contributed by atoms with Gasteiger partial charge in [-0.15, -0.1) is 0 Å². The highest BCUT2D eigenvalue weighted by molar-refractivity contribution is 5.75. The summed E-state index contributed by atoms with van der Waals surface area (Å²) in [6, 6.07) is 10.4. The predicted molar refractivity (Wildman–Crippen MR) is 101 cm³/mol. The zero-order chi connectivity index (χ0) is 18.6. The molecule has 0 bridgehead atoms. The van der Waals surface area contributed by atoms with Crippen molar-refractivity contribution in [3.63, 3.8) is 0 Å². The first-order chi connectivity index (χ1) is 12.4. The Balaban J connectivity index is 1.62. The number of ether oxygens (including phenoxy) is 3. The first kappa shape index (κ1) is 19.4. The maximum atomic E-state index is 12.0. The molecule has 0 amide bonds. The van der Waals surface area contributed by atoms with Crippen molar-refractivity contribution < 1.29 is 19.0 Å². The van der Waals surface area contributed by atoms with E-state index < -0.39 is 11.2 Å². The molecule has 1 aromatic rings. The van der Waals surface area contributed by atoms with Gasteiger partial charge >= 0.3 is 5.97 Å². The third-order valence-corrected chi connectivity index (χ3v) is 5.29. The van der Waals surface area contributed by atoms with Gasteiger partial charge in [0.1, 0.15) is 0 Å². The SMILES string of the molecule is CC(C)(C)C(=O)OCC[C@H]1OC2(CCCCC2)O[C@@H]1Cc1ccccc1. The summed E-state index contributed by atoms with van der Waals surface area (Å²) in [4.78, 5) is 12.0. The Bertz CT molecular complexity index is 584. The number of benzene rings is 1. The second kappa shape index (κ2) is 8.10. The summed E-state index contributed by atoms with van der Waals surface area (Å²) in [5.74, 6) is -0.584. The molecule has 1 spiro atoms. The normalized spacial score (nSPS) is 25.3. The molecule has 2 aliphatic rings. The van der Waals surface area contributed by atoms with Gasteiger partial charge in [0.2, 0.25) is 0 Å². The van der Waals surface area contributed by atoms with Crippen LogP contribution in [0, 0.1) is 5.41 Å². The molecule has 0 N–H and O–H groups in total. The molecular formula is C22H32O4. The number of hydrogen-bond donors (Lipinski definition) is 0. The molecule has 1 heterocycles. The molecule has 1 saturated heterocycles. The molecule has 1 aliphatic carbocycles. The molecule has 1 aliphatic heterocycles. The van der Waals surface area contributed by atoms with Crippen LogP contribution in [-0.2, 0) is 25.4 Å². The second-order valence-electron chi connectivity index (χ2n) is 8.65. The Hall–Kier alpha value is -1.39. The molecule has 3 rings (SSSR count). The predicted octanol–water partition coefficient (Wildman–Crippen LogP) is 4.65. The van der Waals surface area contributed by atoms with Crippen LogP contribution in [0.15, 0.2) is 30.3 Å². The van der Waals surface area contributed by atoms with E-state index in [0.717, 1.165) is 32.1 Å². The van der Waals surface area contributed by atoms with E-state index in [1.807, 2.05) is 26.8 Å². The average Bonchev–Trinajstić information content (AvgIpc) is 2.92. The smallest absolute Gasteiger partial charge is 0.311 e. The van der Waals surface area contributed by atoms with Crippen LogP contribution in [0.25, 0.3) is 0 Å². The first-order valence-electron chi connectivity index (χ1n) is 9.95. The maximum Gasteiger partial charge on any atom is 0.311 e. The summed E-state index contributed by atoms with van der Waals surface area (Å²) < 4.78 is 18.4. The zero-order valence-electron chi connectivity index (χ0n) is 16.3. The van der Waals surface area contributed by atoms with E-state index in [4.69, 9.17) is 14.2 Å².